The van der Waals surface area contributed by atoms with Gasteiger partial charge in [0.1, 0.15) is 12.4 Å². The van der Waals surface area contributed by atoms with Crippen LogP contribution >= 0.6 is 23.2 Å². The lowest BCUT2D eigenvalue weighted by Crippen LogP contribution is -2.52. The highest BCUT2D eigenvalue weighted by atomic mass is 35.5. The lowest BCUT2D eigenvalue weighted by atomic mass is 9.93. The molecular weight excluding hydrogens is 497 g/mol. The van der Waals surface area contributed by atoms with Crippen molar-refractivity contribution in [1.29, 1.82) is 0 Å². The Morgan fingerprint density at radius 3 is 2.56 bits per heavy atom. The first kappa shape index (κ1) is 26.3. The van der Waals surface area contributed by atoms with Gasteiger partial charge in [-0.15, -0.1) is 0 Å². The van der Waals surface area contributed by atoms with Crippen molar-refractivity contribution >= 4 is 34.6 Å². The van der Waals surface area contributed by atoms with Gasteiger partial charge >= 0.3 is 0 Å². The van der Waals surface area contributed by atoms with Crippen LogP contribution in [-0.2, 0) is 5.60 Å². The number of hydrogen-bond acceptors (Lipinski definition) is 5. The summed E-state index contributed by atoms with van der Waals surface area (Å²) in [6.07, 6.45) is 0. The molecule has 8 heteroatoms. The maximum absolute atomic E-state index is 11.4. The predicted octanol–water partition coefficient (Wildman–Crippen LogP) is 5.69. The summed E-state index contributed by atoms with van der Waals surface area (Å²) in [6, 6.07) is 20.5. The summed E-state index contributed by atoms with van der Waals surface area (Å²) < 4.78 is 5.51. The average Bonchev–Trinajstić information content (AvgIpc) is 2.88. The first-order chi connectivity index (χ1) is 17.3. The number of aliphatic hydroxyl groups is 2. The fourth-order valence-electron chi connectivity index (χ4n) is 4.65. The number of piperazine rings is 1. The molecule has 3 aromatic carbocycles. The van der Waals surface area contributed by atoms with Gasteiger partial charge in [0.15, 0.2) is 5.69 Å². The third kappa shape index (κ3) is 6.12. The highest BCUT2D eigenvalue weighted by Gasteiger charge is 2.34. The second kappa shape index (κ2) is 11.5. The van der Waals surface area contributed by atoms with Gasteiger partial charge in [0.25, 0.3) is 0 Å². The second-order valence-electron chi connectivity index (χ2n) is 9.12. The second-order valence-corrected chi connectivity index (χ2v) is 9.96. The van der Waals surface area contributed by atoms with Crippen LogP contribution in [0.4, 0.5) is 11.4 Å². The number of aliphatic hydroxyl groups excluding tert-OH is 1. The molecule has 0 radical (unpaired) electrons. The molecule has 1 heterocycles. The molecule has 0 unspecified atom stereocenters. The quantitative estimate of drug-likeness (QED) is 0.370. The van der Waals surface area contributed by atoms with Crippen molar-refractivity contribution in [3.05, 3.63) is 99.3 Å². The number of nitrogens with zero attached hydrogens (tertiary/aromatic N) is 3. The highest BCUT2D eigenvalue weighted by molar-refractivity contribution is 6.33. The van der Waals surface area contributed by atoms with Crippen molar-refractivity contribution in [3.8, 4) is 5.75 Å². The first-order valence-electron chi connectivity index (χ1n) is 11.8. The van der Waals surface area contributed by atoms with Crippen LogP contribution in [0.1, 0.15) is 24.1 Å². The number of hydrogen-bond donors (Lipinski definition) is 2. The number of rotatable bonds is 8. The number of ether oxygens (including phenoxy) is 1. The zero-order chi connectivity index (χ0) is 25.7. The molecule has 188 valence electrons. The van der Waals surface area contributed by atoms with Crippen molar-refractivity contribution < 1.29 is 14.9 Å². The molecule has 0 spiro atoms. The molecule has 1 saturated heterocycles. The third-order valence-corrected chi connectivity index (χ3v) is 6.99. The lowest BCUT2D eigenvalue weighted by molar-refractivity contribution is 0.0103. The van der Waals surface area contributed by atoms with E-state index in [9.17, 15) is 5.11 Å². The molecule has 0 amide bonds. The minimum absolute atomic E-state index is 0.0249. The zero-order valence-corrected chi connectivity index (χ0v) is 21.6. The molecule has 2 atom stereocenters. The SMILES string of the molecule is [C-]#[N+]c1cccc([C@](C)(O)CN2CCN(c3ccc(OCCO)cc3Cl)[C@H](c3ccc(Cl)cc3)C2)c1. The van der Waals surface area contributed by atoms with Gasteiger partial charge in [-0.3, -0.25) is 4.90 Å². The van der Waals surface area contributed by atoms with Gasteiger partial charge in [-0.2, -0.15) is 0 Å². The fourth-order valence-corrected chi connectivity index (χ4v) is 5.06. The molecule has 2 N–H and O–H groups in total. The average molecular weight is 526 g/mol. The molecule has 3 aromatic rings. The van der Waals surface area contributed by atoms with E-state index in [2.05, 4.69) is 14.6 Å². The van der Waals surface area contributed by atoms with E-state index in [-0.39, 0.29) is 19.3 Å². The van der Waals surface area contributed by atoms with Crippen molar-refractivity contribution in [1.82, 2.24) is 4.90 Å². The van der Waals surface area contributed by atoms with Crippen LogP contribution in [-0.4, -0.2) is 54.5 Å². The summed E-state index contributed by atoms with van der Waals surface area (Å²) >= 11 is 12.9. The lowest BCUT2D eigenvalue weighted by Gasteiger charge is -2.45. The van der Waals surface area contributed by atoms with Crippen LogP contribution < -0.4 is 9.64 Å². The summed E-state index contributed by atoms with van der Waals surface area (Å²) in [4.78, 5) is 8.01. The summed E-state index contributed by atoms with van der Waals surface area (Å²) in [5.74, 6) is 0.608. The predicted molar refractivity (Wildman–Crippen MR) is 144 cm³/mol. The minimum atomic E-state index is -1.11. The van der Waals surface area contributed by atoms with Gasteiger partial charge in [0.2, 0.25) is 0 Å². The molecule has 1 fully saturated rings. The number of halogens is 2. The summed E-state index contributed by atoms with van der Waals surface area (Å²) in [5.41, 5.74) is 2.11. The van der Waals surface area contributed by atoms with Gasteiger partial charge in [-0.25, -0.2) is 4.85 Å². The number of β-amino-alcohol motifs (C(OH)–C–C–N with tert-alkyl or cyclic N) is 1. The topological polar surface area (TPSA) is 60.5 Å². The molecule has 0 bridgehead atoms. The summed E-state index contributed by atoms with van der Waals surface area (Å²) in [6.45, 7) is 11.7. The van der Waals surface area contributed by atoms with Crippen LogP contribution in [0.25, 0.3) is 4.85 Å². The zero-order valence-electron chi connectivity index (χ0n) is 20.1. The Kier molecular flexibility index (Phi) is 8.40. The first-order valence-corrected chi connectivity index (χ1v) is 12.5. The van der Waals surface area contributed by atoms with E-state index >= 15 is 0 Å². The third-order valence-electron chi connectivity index (χ3n) is 6.44. The fraction of sp³-hybridized carbons (Fsp3) is 0.321. The molecule has 1 aliphatic rings. The van der Waals surface area contributed by atoms with E-state index in [1.165, 1.54) is 0 Å². The monoisotopic (exact) mass is 525 g/mol. The largest absolute Gasteiger partial charge is 0.491 e. The van der Waals surface area contributed by atoms with Crippen molar-refractivity contribution in [2.75, 3.05) is 44.3 Å². The molecule has 0 saturated carbocycles. The molecule has 0 aromatic heterocycles. The Hall–Kier alpha value is -2.79. The van der Waals surface area contributed by atoms with Gasteiger partial charge in [-0.05, 0) is 42.3 Å². The van der Waals surface area contributed by atoms with Crippen LogP contribution in [0, 0.1) is 6.57 Å². The van der Waals surface area contributed by atoms with Gasteiger partial charge in [0, 0.05) is 37.3 Å². The normalized spacial score (nSPS) is 17.9. The van der Waals surface area contributed by atoms with Gasteiger partial charge in [-0.1, -0.05) is 59.6 Å². The van der Waals surface area contributed by atoms with E-state index in [0.717, 1.165) is 23.4 Å². The van der Waals surface area contributed by atoms with Gasteiger partial charge < -0.3 is 19.8 Å². The Morgan fingerprint density at radius 2 is 1.86 bits per heavy atom. The van der Waals surface area contributed by atoms with Crippen LogP contribution in [0.3, 0.4) is 0 Å². The van der Waals surface area contributed by atoms with E-state index in [4.69, 9.17) is 39.6 Å². The van der Waals surface area contributed by atoms with Crippen LogP contribution in [0.2, 0.25) is 10.0 Å². The van der Waals surface area contributed by atoms with Crippen molar-refractivity contribution in [2.24, 2.45) is 0 Å². The van der Waals surface area contributed by atoms with E-state index < -0.39 is 5.60 Å². The minimum Gasteiger partial charge on any atom is -0.491 e. The van der Waals surface area contributed by atoms with Crippen LogP contribution in [0.15, 0.2) is 66.7 Å². The Balaban J connectivity index is 1.59. The maximum Gasteiger partial charge on any atom is 0.187 e. The van der Waals surface area contributed by atoms with E-state index in [1.807, 2.05) is 48.5 Å². The van der Waals surface area contributed by atoms with Gasteiger partial charge in [0.05, 0.1) is 35.5 Å². The molecular formula is C28H29Cl2N3O3. The van der Waals surface area contributed by atoms with Crippen molar-refractivity contribution in [3.63, 3.8) is 0 Å². The van der Waals surface area contributed by atoms with E-state index in [0.29, 0.717) is 41.1 Å². The molecule has 1 aliphatic heterocycles. The highest BCUT2D eigenvalue weighted by Crippen LogP contribution is 2.38. The Morgan fingerprint density at radius 1 is 1.08 bits per heavy atom. The number of anilines is 1. The molecule has 6 nitrogen and oxygen atoms in total. The molecule has 36 heavy (non-hydrogen) atoms. The Bertz CT molecular complexity index is 1230. The number of benzene rings is 3. The molecule has 4 rings (SSSR count). The Labute approximate surface area is 222 Å². The smallest absolute Gasteiger partial charge is 0.187 e. The van der Waals surface area contributed by atoms with E-state index in [1.54, 1.807) is 25.1 Å². The standard InChI is InChI=1S/C28H29Cl2N3O3/c1-28(35,21-4-3-5-23(16-21)31-2)19-32-12-13-33(27(18-32)20-6-8-22(29)9-7-20)26-11-10-24(17-25(26)30)36-15-14-34/h3-11,16-17,27,34-35H,12-15,18-19H2,1H3/t27-,28+/m0/s1. The summed E-state index contributed by atoms with van der Waals surface area (Å²) in [5, 5.41) is 21.6. The molecule has 0 aliphatic carbocycles. The maximum atomic E-state index is 11.4. The van der Waals surface area contributed by atoms with Crippen LogP contribution in [0.5, 0.6) is 5.75 Å². The van der Waals surface area contributed by atoms with Crippen molar-refractivity contribution in [2.45, 2.75) is 18.6 Å². The summed E-state index contributed by atoms with van der Waals surface area (Å²) in [7, 11) is 0.